The van der Waals surface area contributed by atoms with Crippen LogP contribution in [0.25, 0.3) is 0 Å². The van der Waals surface area contributed by atoms with Gasteiger partial charge < -0.3 is 29.9 Å². The summed E-state index contributed by atoms with van der Waals surface area (Å²) in [4.78, 5) is 31.2. The molecule has 0 atom stereocenters. The molecule has 1 saturated heterocycles. The molecule has 8 nitrogen and oxygen atoms in total. The van der Waals surface area contributed by atoms with Crippen LogP contribution < -0.4 is 25.0 Å². The number of nitrogens with one attached hydrogen (secondary N) is 2. The summed E-state index contributed by atoms with van der Waals surface area (Å²) >= 11 is 0. The molecule has 0 radical (unpaired) electrons. The first kappa shape index (κ1) is 30.3. The fourth-order valence-corrected chi connectivity index (χ4v) is 5.62. The average Bonchev–Trinajstić information content (AvgIpc) is 3.12. The van der Waals surface area contributed by atoms with Gasteiger partial charge in [-0.2, -0.15) is 0 Å². The van der Waals surface area contributed by atoms with Crippen molar-refractivity contribution in [3.63, 3.8) is 0 Å². The molecule has 0 unspecified atom stereocenters. The molecule has 3 amide bonds. The van der Waals surface area contributed by atoms with Gasteiger partial charge in [0.15, 0.2) is 0 Å². The van der Waals surface area contributed by atoms with Gasteiger partial charge in [-0.05, 0) is 53.6 Å². The Hall–Kier alpha value is -5.76. The highest BCUT2D eigenvalue weighted by molar-refractivity contribution is 6.02. The number of anilines is 3. The van der Waals surface area contributed by atoms with Crippen LogP contribution in [0.4, 0.5) is 21.9 Å². The Balaban J connectivity index is 1.28. The highest BCUT2D eigenvalue weighted by atomic mass is 16.5. The van der Waals surface area contributed by atoms with Gasteiger partial charge in [-0.25, -0.2) is 4.79 Å². The van der Waals surface area contributed by atoms with Crippen molar-refractivity contribution in [1.29, 1.82) is 0 Å². The van der Waals surface area contributed by atoms with Crippen LogP contribution in [0.3, 0.4) is 0 Å². The van der Waals surface area contributed by atoms with E-state index in [1.807, 2.05) is 120 Å². The third-order valence-electron chi connectivity index (χ3n) is 7.94. The Morgan fingerprint density at radius 3 is 1.83 bits per heavy atom. The first-order chi connectivity index (χ1) is 22.6. The van der Waals surface area contributed by atoms with Crippen molar-refractivity contribution in [3.8, 4) is 11.5 Å². The summed E-state index contributed by atoms with van der Waals surface area (Å²) in [7, 11) is 1.67. The van der Waals surface area contributed by atoms with E-state index >= 15 is 0 Å². The van der Waals surface area contributed by atoms with Crippen molar-refractivity contribution in [2.45, 2.75) is 6.10 Å². The SMILES string of the molecule is COc1ccccc1N1CCN(C(=O)c2cc(NC(=O)Nc3ccccc3)ccc2OC(c2ccccc2)c2ccccc2)CC1. The van der Waals surface area contributed by atoms with Gasteiger partial charge >= 0.3 is 6.03 Å². The summed E-state index contributed by atoms with van der Waals surface area (Å²) in [6, 6.07) is 41.8. The average molecular weight is 613 g/mol. The largest absolute Gasteiger partial charge is 0.495 e. The Bertz CT molecular complexity index is 1720. The van der Waals surface area contributed by atoms with Gasteiger partial charge in [0.05, 0.1) is 18.4 Å². The topological polar surface area (TPSA) is 83.1 Å². The van der Waals surface area contributed by atoms with Crippen molar-refractivity contribution >= 4 is 29.0 Å². The number of piperazine rings is 1. The standard InChI is InChI=1S/C38H36N4O4/c1-45-35-20-12-11-19-33(35)41-23-25-42(26-24-41)37(43)32-27-31(40-38(44)39-30-17-9-4-10-18-30)21-22-34(32)46-36(28-13-5-2-6-14-28)29-15-7-3-8-16-29/h2-22,27,36H,23-26H2,1H3,(H2,39,40,44). The number of benzene rings is 5. The second kappa shape index (κ2) is 14.3. The normalized spacial score (nSPS) is 12.8. The lowest BCUT2D eigenvalue weighted by Gasteiger charge is -2.37. The van der Waals surface area contributed by atoms with Crippen molar-refractivity contribution in [2.75, 3.05) is 48.8 Å². The number of rotatable bonds is 9. The first-order valence-corrected chi connectivity index (χ1v) is 15.3. The summed E-state index contributed by atoms with van der Waals surface area (Å²) in [6.07, 6.45) is -0.448. The number of amides is 3. The Morgan fingerprint density at radius 2 is 1.20 bits per heavy atom. The number of carbonyl (C=O) groups excluding carboxylic acids is 2. The van der Waals surface area contributed by atoms with E-state index in [4.69, 9.17) is 9.47 Å². The number of ether oxygens (including phenoxy) is 2. The zero-order valence-electron chi connectivity index (χ0n) is 25.6. The summed E-state index contributed by atoms with van der Waals surface area (Å²) in [5.74, 6) is 1.07. The van der Waals surface area contributed by atoms with Crippen LogP contribution in [0.15, 0.2) is 133 Å². The molecule has 8 heteroatoms. The van der Waals surface area contributed by atoms with E-state index in [2.05, 4.69) is 15.5 Å². The molecule has 232 valence electrons. The van der Waals surface area contributed by atoms with Crippen LogP contribution >= 0.6 is 0 Å². The van der Waals surface area contributed by atoms with Gasteiger partial charge in [-0.15, -0.1) is 0 Å². The number of hydrogen-bond acceptors (Lipinski definition) is 5. The van der Waals surface area contributed by atoms with Gasteiger partial charge in [0.25, 0.3) is 5.91 Å². The summed E-state index contributed by atoms with van der Waals surface area (Å²) in [5, 5.41) is 5.70. The fourth-order valence-electron chi connectivity index (χ4n) is 5.62. The molecule has 5 aromatic carbocycles. The molecule has 5 aromatic rings. The molecule has 2 N–H and O–H groups in total. The zero-order valence-corrected chi connectivity index (χ0v) is 25.6. The first-order valence-electron chi connectivity index (χ1n) is 15.3. The van der Waals surface area contributed by atoms with Crippen molar-refractivity contribution in [2.24, 2.45) is 0 Å². The molecule has 0 spiro atoms. The maximum atomic E-state index is 14.2. The van der Waals surface area contributed by atoms with E-state index in [0.717, 1.165) is 22.6 Å². The van der Waals surface area contributed by atoms with E-state index in [1.54, 1.807) is 25.3 Å². The third kappa shape index (κ3) is 7.13. The lowest BCUT2D eigenvalue weighted by atomic mass is 10.0. The molecule has 1 fully saturated rings. The highest BCUT2D eigenvalue weighted by Gasteiger charge is 2.28. The van der Waals surface area contributed by atoms with Crippen LogP contribution in [0.5, 0.6) is 11.5 Å². The van der Waals surface area contributed by atoms with Crippen molar-refractivity contribution < 1.29 is 19.1 Å². The van der Waals surface area contributed by atoms with E-state index in [-0.39, 0.29) is 5.91 Å². The van der Waals surface area contributed by atoms with Crippen LogP contribution in [0.2, 0.25) is 0 Å². The Kier molecular flexibility index (Phi) is 9.44. The molecule has 46 heavy (non-hydrogen) atoms. The number of carbonyl (C=O) groups is 2. The minimum Gasteiger partial charge on any atom is -0.495 e. The van der Waals surface area contributed by atoms with Gasteiger partial charge in [0.1, 0.15) is 17.6 Å². The van der Waals surface area contributed by atoms with Gasteiger partial charge in [0.2, 0.25) is 0 Å². The van der Waals surface area contributed by atoms with E-state index in [0.29, 0.717) is 48.9 Å². The van der Waals surface area contributed by atoms with Crippen molar-refractivity contribution in [3.05, 3.63) is 150 Å². The van der Waals surface area contributed by atoms with E-state index in [1.165, 1.54) is 0 Å². The number of methoxy groups -OCH3 is 1. The van der Waals surface area contributed by atoms with Gasteiger partial charge in [-0.1, -0.05) is 91.0 Å². The lowest BCUT2D eigenvalue weighted by molar-refractivity contribution is 0.0740. The number of para-hydroxylation sites is 3. The quantitative estimate of drug-likeness (QED) is 0.181. The van der Waals surface area contributed by atoms with Crippen LogP contribution in [0, 0.1) is 0 Å². The van der Waals surface area contributed by atoms with E-state index < -0.39 is 12.1 Å². The number of nitrogens with zero attached hydrogens (tertiary/aromatic N) is 2. The molecule has 1 heterocycles. The minimum atomic E-state index is -0.448. The zero-order chi connectivity index (χ0) is 31.7. The Labute approximate surface area is 269 Å². The van der Waals surface area contributed by atoms with Crippen molar-refractivity contribution in [1.82, 2.24) is 4.90 Å². The van der Waals surface area contributed by atoms with Gasteiger partial charge in [0, 0.05) is 37.6 Å². The van der Waals surface area contributed by atoms with Crippen LogP contribution in [-0.2, 0) is 0 Å². The predicted molar refractivity (Wildman–Crippen MR) is 182 cm³/mol. The predicted octanol–water partition coefficient (Wildman–Crippen LogP) is 7.47. The molecule has 0 aromatic heterocycles. The Morgan fingerprint density at radius 1 is 0.630 bits per heavy atom. The molecule has 1 aliphatic heterocycles. The monoisotopic (exact) mass is 612 g/mol. The van der Waals surface area contributed by atoms with Gasteiger partial charge in [-0.3, -0.25) is 4.79 Å². The fraction of sp³-hybridized carbons (Fsp3) is 0.158. The molecule has 0 saturated carbocycles. The molecule has 0 bridgehead atoms. The number of hydrogen-bond donors (Lipinski definition) is 2. The molecular weight excluding hydrogens is 576 g/mol. The second-order valence-electron chi connectivity index (χ2n) is 10.9. The smallest absolute Gasteiger partial charge is 0.323 e. The second-order valence-corrected chi connectivity index (χ2v) is 10.9. The van der Waals surface area contributed by atoms with E-state index in [9.17, 15) is 9.59 Å². The molecule has 1 aliphatic rings. The van der Waals surface area contributed by atoms with Crippen LogP contribution in [-0.4, -0.2) is 50.1 Å². The third-order valence-corrected chi connectivity index (χ3v) is 7.94. The maximum Gasteiger partial charge on any atom is 0.323 e. The molecular formula is C38H36N4O4. The summed E-state index contributed by atoms with van der Waals surface area (Å²) in [5.41, 5.74) is 4.44. The number of urea groups is 1. The lowest BCUT2D eigenvalue weighted by Crippen LogP contribution is -2.49. The minimum absolute atomic E-state index is 0.165. The highest BCUT2D eigenvalue weighted by Crippen LogP contribution is 2.34. The maximum absolute atomic E-state index is 14.2. The summed E-state index contributed by atoms with van der Waals surface area (Å²) < 4.78 is 12.3. The molecule has 6 rings (SSSR count). The molecule has 0 aliphatic carbocycles. The van der Waals surface area contributed by atoms with Crippen LogP contribution in [0.1, 0.15) is 27.6 Å². The summed E-state index contributed by atoms with van der Waals surface area (Å²) in [6.45, 7) is 2.33.